The second kappa shape index (κ2) is 3.97. The van der Waals surface area contributed by atoms with Crippen LogP contribution in [0, 0.1) is 5.82 Å². The van der Waals surface area contributed by atoms with Crippen molar-refractivity contribution in [1.29, 1.82) is 0 Å². The fourth-order valence-electron chi connectivity index (χ4n) is 3.07. The number of hydrogen-bond acceptors (Lipinski definition) is 1. The number of rotatable bonds is 1. The molecular formula is C14H16ClFN2. The number of likely N-dealkylation sites (N-methyl/N-ethyl adjacent to an activating group) is 1. The minimum absolute atomic E-state index is 0.239. The third kappa shape index (κ3) is 1.50. The molecule has 96 valence electrons. The lowest BCUT2D eigenvalue weighted by Gasteiger charge is -2.36. The van der Waals surface area contributed by atoms with Gasteiger partial charge in [-0.1, -0.05) is 11.6 Å². The first-order valence-corrected chi connectivity index (χ1v) is 6.52. The summed E-state index contributed by atoms with van der Waals surface area (Å²) in [5, 5.41) is 1.07. The number of benzene rings is 1. The molecular weight excluding hydrogens is 251 g/mol. The highest BCUT2D eigenvalue weighted by molar-refractivity contribution is 6.35. The standard InChI is InChI=1S/C14H16ClFN2/c1-8-12(17(2)3)7-9-6-11(16)13(15)10-4-5-18(8)14(9)10/h4-6,8,12H,7H2,1-3H3/t8-,12+/m0/s1. The van der Waals surface area contributed by atoms with Crippen molar-refractivity contribution < 1.29 is 4.39 Å². The van der Waals surface area contributed by atoms with Crippen LogP contribution in [0.1, 0.15) is 18.5 Å². The Kier molecular flexibility index (Phi) is 2.65. The summed E-state index contributed by atoms with van der Waals surface area (Å²) in [6.45, 7) is 2.20. The van der Waals surface area contributed by atoms with Crippen molar-refractivity contribution in [2.75, 3.05) is 14.1 Å². The van der Waals surface area contributed by atoms with Crippen LogP contribution in [0.4, 0.5) is 4.39 Å². The maximum absolute atomic E-state index is 13.8. The summed E-state index contributed by atoms with van der Waals surface area (Å²) >= 11 is 6.04. The molecule has 0 bridgehead atoms. The van der Waals surface area contributed by atoms with Gasteiger partial charge in [-0.05, 0) is 45.1 Å². The highest BCUT2D eigenvalue weighted by Crippen LogP contribution is 2.37. The van der Waals surface area contributed by atoms with Crippen LogP contribution in [-0.4, -0.2) is 29.6 Å². The molecule has 2 atom stereocenters. The third-order valence-electron chi connectivity index (χ3n) is 4.05. The zero-order valence-corrected chi connectivity index (χ0v) is 11.5. The minimum atomic E-state index is -0.316. The Hall–Kier alpha value is -1.06. The van der Waals surface area contributed by atoms with E-state index >= 15 is 0 Å². The number of hydrogen-bond donors (Lipinski definition) is 0. The summed E-state index contributed by atoms with van der Waals surface area (Å²) < 4.78 is 16.0. The predicted octanol–water partition coefficient (Wildman–Crippen LogP) is 3.48. The Morgan fingerprint density at radius 2 is 2.17 bits per heavy atom. The van der Waals surface area contributed by atoms with E-state index in [2.05, 4.69) is 30.5 Å². The second-order valence-corrected chi connectivity index (χ2v) is 5.67. The van der Waals surface area contributed by atoms with E-state index in [0.29, 0.717) is 12.1 Å². The minimum Gasteiger partial charge on any atom is -0.343 e. The van der Waals surface area contributed by atoms with Crippen molar-refractivity contribution in [2.45, 2.75) is 25.4 Å². The summed E-state index contributed by atoms with van der Waals surface area (Å²) in [5.74, 6) is -0.316. The first-order chi connectivity index (χ1) is 8.50. The van der Waals surface area contributed by atoms with Crippen LogP contribution in [0.25, 0.3) is 10.9 Å². The van der Waals surface area contributed by atoms with E-state index in [-0.39, 0.29) is 10.8 Å². The number of nitrogens with zero attached hydrogens (tertiary/aromatic N) is 2. The predicted molar refractivity (Wildman–Crippen MR) is 72.8 cm³/mol. The molecule has 0 amide bonds. The van der Waals surface area contributed by atoms with Crippen LogP contribution in [0.15, 0.2) is 18.3 Å². The van der Waals surface area contributed by atoms with E-state index in [1.807, 2.05) is 12.3 Å². The average molecular weight is 267 g/mol. The molecule has 0 saturated carbocycles. The van der Waals surface area contributed by atoms with Crippen molar-refractivity contribution in [3.8, 4) is 0 Å². The molecule has 4 heteroatoms. The molecule has 18 heavy (non-hydrogen) atoms. The van der Waals surface area contributed by atoms with E-state index in [4.69, 9.17) is 11.6 Å². The molecule has 2 heterocycles. The molecule has 0 N–H and O–H groups in total. The van der Waals surface area contributed by atoms with Crippen LogP contribution in [0.5, 0.6) is 0 Å². The van der Waals surface area contributed by atoms with Crippen LogP contribution in [-0.2, 0) is 6.42 Å². The van der Waals surface area contributed by atoms with Crippen molar-refractivity contribution in [3.63, 3.8) is 0 Å². The summed E-state index contributed by atoms with van der Waals surface area (Å²) in [6, 6.07) is 4.25. The molecule has 2 aromatic rings. The highest BCUT2D eigenvalue weighted by Gasteiger charge is 2.29. The Balaban J connectivity index is 2.28. The largest absolute Gasteiger partial charge is 0.343 e. The summed E-state index contributed by atoms with van der Waals surface area (Å²) in [7, 11) is 4.14. The van der Waals surface area contributed by atoms with E-state index in [9.17, 15) is 4.39 Å². The van der Waals surface area contributed by atoms with Gasteiger partial charge in [0, 0.05) is 23.7 Å². The fraction of sp³-hybridized carbons (Fsp3) is 0.429. The topological polar surface area (TPSA) is 8.17 Å². The third-order valence-corrected chi connectivity index (χ3v) is 4.44. The monoisotopic (exact) mass is 266 g/mol. The molecule has 0 unspecified atom stereocenters. The van der Waals surface area contributed by atoms with Gasteiger partial charge >= 0.3 is 0 Å². The van der Waals surface area contributed by atoms with E-state index in [1.54, 1.807) is 6.07 Å². The van der Waals surface area contributed by atoms with Gasteiger partial charge in [-0.25, -0.2) is 4.39 Å². The van der Waals surface area contributed by atoms with Crippen molar-refractivity contribution in [2.24, 2.45) is 0 Å². The van der Waals surface area contributed by atoms with Gasteiger partial charge in [-0.3, -0.25) is 0 Å². The molecule has 0 spiro atoms. The van der Waals surface area contributed by atoms with Crippen molar-refractivity contribution in [1.82, 2.24) is 9.47 Å². The van der Waals surface area contributed by atoms with Crippen LogP contribution >= 0.6 is 11.6 Å². The molecule has 1 aliphatic rings. The molecule has 0 aliphatic carbocycles. The van der Waals surface area contributed by atoms with E-state index < -0.39 is 0 Å². The van der Waals surface area contributed by atoms with E-state index in [0.717, 1.165) is 22.9 Å². The molecule has 0 radical (unpaired) electrons. The highest BCUT2D eigenvalue weighted by atomic mass is 35.5. The summed E-state index contributed by atoms with van der Waals surface area (Å²) in [6.07, 6.45) is 2.88. The van der Waals surface area contributed by atoms with Crippen molar-refractivity contribution >= 4 is 22.5 Å². The maximum Gasteiger partial charge on any atom is 0.142 e. The Morgan fingerprint density at radius 3 is 2.83 bits per heavy atom. The summed E-state index contributed by atoms with van der Waals surface area (Å²) in [4.78, 5) is 2.20. The molecule has 1 aromatic heterocycles. The first kappa shape index (κ1) is 12.0. The lowest BCUT2D eigenvalue weighted by molar-refractivity contribution is 0.216. The van der Waals surface area contributed by atoms with Crippen molar-refractivity contribution in [3.05, 3.63) is 34.7 Å². The smallest absolute Gasteiger partial charge is 0.142 e. The van der Waals surface area contributed by atoms with Gasteiger partial charge in [0.2, 0.25) is 0 Å². The summed E-state index contributed by atoms with van der Waals surface area (Å²) in [5.41, 5.74) is 2.14. The quantitative estimate of drug-likeness (QED) is 0.767. The lowest BCUT2D eigenvalue weighted by Crippen LogP contribution is -2.39. The Labute approximate surface area is 111 Å². The second-order valence-electron chi connectivity index (χ2n) is 5.29. The van der Waals surface area contributed by atoms with E-state index in [1.165, 1.54) is 0 Å². The van der Waals surface area contributed by atoms with Gasteiger partial charge in [-0.15, -0.1) is 0 Å². The van der Waals surface area contributed by atoms with Gasteiger partial charge < -0.3 is 9.47 Å². The number of aromatic nitrogens is 1. The van der Waals surface area contributed by atoms with Gasteiger partial charge in [0.15, 0.2) is 0 Å². The first-order valence-electron chi connectivity index (χ1n) is 6.14. The zero-order valence-electron chi connectivity index (χ0n) is 10.7. The normalized spacial score (nSPS) is 23.0. The molecule has 2 nitrogen and oxygen atoms in total. The average Bonchev–Trinajstić information content (AvgIpc) is 2.75. The van der Waals surface area contributed by atoms with Gasteiger partial charge in [0.1, 0.15) is 5.82 Å². The van der Waals surface area contributed by atoms with Gasteiger partial charge in [0.25, 0.3) is 0 Å². The molecule has 1 aromatic carbocycles. The van der Waals surface area contributed by atoms with Gasteiger partial charge in [0.05, 0.1) is 10.5 Å². The SMILES string of the molecule is C[C@H]1[C@H](N(C)C)Cc2cc(F)c(Cl)c3ccn1c23. The maximum atomic E-state index is 13.8. The Morgan fingerprint density at radius 1 is 1.44 bits per heavy atom. The lowest BCUT2D eigenvalue weighted by atomic mass is 9.94. The van der Waals surface area contributed by atoms with Gasteiger partial charge in [-0.2, -0.15) is 0 Å². The fourth-order valence-corrected chi connectivity index (χ4v) is 3.27. The molecule has 1 aliphatic heterocycles. The van der Waals surface area contributed by atoms with Crippen LogP contribution < -0.4 is 0 Å². The Bertz CT molecular complexity index is 618. The van der Waals surface area contributed by atoms with Crippen LogP contribution in [0.2, 0.25) is 5.02 Å². The molecule has 3 rings (SSSR count). The zero-order chi connectivity index (χ0) is 13.0. The molecule has 0 fully saturated rings. The number of halogens is 2. The molecule has 0 saturated heterocycles. The van der Waals surface area contributed by atoms with Crippen LogP contribution in [0.3, 0.4) is 0 Å².